The van der Waals surface area contributed by atoms with Gasteiger partial charge in [0.05, 0.1) is 0 Å². The number of carboxylic acids is 1. The molecule has 0 bridgehead atoms. The van der Waals surface area contributed by atoms with Crippen molar-refractivity contribution in [3.63, 3.8) is 0 Å². The molecule has 1 heterocycles. The minimum atomic E-state index is -4.04. The Morgan fingerprint density at radius 3 is 2.23 bits per heavy atom. The summed E-state index contributed by atoms with van der Waals surface area (Å²) in [4.78, 5) is 18.7. The molecule has 0 radical (unpaired) electrons. The van der Waals surface area contributed by atoms with Crippen molar-refractivity contribution in [2.24, 2.45) is 0 Å². The summed E-state index contributed by atoms with van der Waals surface area (Å²) in [5.74, 6) is -0.549. The van der Waals surface area contributed by atoms with E-state index in [1.165, 1.54) is 12.3 Å². The molecule has 0 atom stereocenters. The molecule has 0 saturated heterocycles. The second-order valence-electron chi connectivity index (χ2n) is 5.25. The van der Waals surface area contributed by atoms with Gasteiger partial charge >= 0.3 is 12.1 Å². The zero-order valence-electron chi connectivity index (χ0n) is 12.4. The number of hydrogen-bond donors (Lipinski definition) is 1. The van der Waals surface area contributed by atoms with Crippen LogP contribution < -0.4 is 0 Å². The summed E-state index contributed by atoms with van der Waals surface area (Å²) >= 11 is 0. The van der Waals surface area contributed by atoms with Gasteiger partial charge in [-0.05, 0) is 18.9 Å². The van der Waals surface area contributed by atoms with Crippen molar-refractivity contribution < 1.29 is 23.1 Å². The van der Waals surface area contributed by atoms with E-state index in [1.807, 2.05) is 0 Å². The highest BCUT2D eigenvalue weighted by Gasteiger charge is 2.25. The molecule has 0 amide bonds. The van der Waals surface area contributed by atoms with Gasteiger partial charge in [0.15, 0.2) is 5.69 Å². The quantitative estimate of drug-likeness (QED) is 0.649. The lowest BCUT2D eigenvalue weighted by Crippen LogP contribution is -2.06. The number of aryl methyl sites for hydroxylation is 1. The van der Waals surface area contributed by atoms with Crippen LogP contribution >= 0.6 is 0 Å². The first-order valence-corrected chi connectivity index (χ1v) is 7.50. The average molecular weight is 318 g/mol. The Hall–Kier alpha value is -1.66. The fourth-order valence-electron chi connectivity index (χ4n) is 2.13. The standard InChI is InChI=1S/C15H21F3N2O2/c16-15(17,18)10-7-5-3-1-2-4-6-8-13-19-11-9-12(20-13)14(21)22/h9,11H,1-8,10H2,(H,21,22). The highest BCUT2D eigenvalue weighted by atomic mass is 19.4. The zero-order chi connectivity index (χ0) is 16.4. The number of unbranched alkanes of at least 4 members (excludes halogenated alkanes) is 6. The third-order valence-electron chi connectivity index (χ3n) is 3.29. The number of halogens is 3. The Kier molecular flexibility index (Phi) is 7.84. The van der Waals surface area contributed by atoms with Gasteiger partial charge in [-0.15, -0.1) is 0 Å². The fourth-order valence-corrected chi connectivity index (χ4v) is 2.13. The molecule has 1 aromatic heterocycles. The topological polar surface area (TPSA) is 63.1 Å². The third kappa shape index (κ3) is 8.59. The summed E-state index contributed by atoms with van der Waals surface area (Å²) in [6.07, 6.45) is 2.66. The van der Waals surface area contributed by atoms with Gasteiger partial charge in [0.25, 0.3) is 0 Å². The van der Waals surface area contributed by atoms with Gasteiger partial charge in [-0.1, -0.05) is 32.1 Å². The molecule has 0 aliphatic heterocycles. The van der Waals surface area contributed by atoms with Crippen LogP contribution in [0.2, 0.25) is 0 Å². The van der Waals surface area contributed by atoms with Crippen LogP contribution in [0.4, 0.5) is 13.2 Å². The zero-order valence-corrected chi connectivity index (χ0v) is 12.4. The number of alkyl halides is 3. The molecule has 7 heteroatoms. The monoisotopic (exact) mass is 318 g/mol. The van der Waals surface area contributed by atoms with Crippen molar-refractivity contribution in [2.75, 3.05) is 0 Å². The van der Waals surface area contributed by atoms with Crippen molar-refractivity contribution >= 4 is 5.97 Å². The van der Waals surface area contributed by atoms with Gasteiger partial charge in [-0.2, -0.15) is 13.2 Å². The minimum absolute atomic E-state index is 0.00494. The van der Waals surface area contributed by atoms with Crippen LogP contribution in [0, 0.1) is 0 Å². The Labute approximate surface area is 127 Å². The van der Waals surface area contributed by atoms with E-state index in [9.17, 15) is 18.0 Å². The van der Waals surface area contributed by atoms with Crippen molar-refractivity contribution in [3.8, 4) is 0 Å². The normalized spacial score (nSPS) is 11.6. The Bertz CT molecular complexity index is 464. The van der Waals surface area contributed by atoms with Crippen molar-refractivity contribution in [1.29, 1.82) is 0 Å². The lowest BCUT2D eigenvalue weighted by molar-refractivity contribution is -0.135. The lowest BCUT2D eigenvalue weighted by Gasteiger charge is -2.05. The molecule has 1 N–H and O–H groups in total. The number of hydrogen-bond acceptors (Lipinski definition) is 3. The fraction of sp³-hybridized carbons (Fsp3) is 0.667. The van der Waals surface area contributed by atoms with Crippen molar-refractivity contribution in [2.45, 2.75) is 64.0 Å². The molecule has 22 heavy (non-hydrogen) atoms. The van der Waals surface area contributed by atoms with E-state index in [0.717, 1.165) is 32.1 Å². The Balaban J connectivity index is 2.04. The molecule has 1 aromatic rings. The second-order valence-corrected chi connectivity index (χ2v) is 5.25. The van der Waals surface area contributed by atoms with Gasteiger partial charge in [-0.25, -0.2) is 14.8 Å². The molecule has 0 aromatic carbocycles. The predicted molar refractivity (Wildman–Crippen MR) is 75.7 cm³/mol. The summed E-state index contributed by atoms with van der Waals surface area (Å²) in [6, 6.07) is 1.35. The summed E-state index contributed by atoms with van der Waals surface area (Å²) in [5.41, 5.74) is -0.00494. The maximum atomic E-state index is 11.9. The predicted octanol–water partition coefficient (Wildman–Crippen LogP) is 4.40. The summed E-state index contributed by atoms with van der Waals surface area (Å²) in [7, 11) is 0. The summed E-state index contributed by atoms with van der Waals surface area (Å²) < 4.78 is 35.8. The number of aromatic nitrogens is 2. The molecule has 0 unspecified atom stereocenters. The number of rotatable bonds is 10. The third-order valence-corrected chi connectivity index (χ3v) is 3.29. The molecule has 124 valence electrons. The number of carboxylic acid groups (broad SMARTS) is 1. The molecule has 0 saturated carbocycles. The highest BCUT2D eigenvalue weighted by Crippen LogP contribution is 2.23. The van der Waals surface area contributed by atoms with Gasteiger partial charge in [0, 0.05) is 19.0 Å². The van der Waals surface area contributed by atoms with E-state index >= 15 is 0 Å². The van der Waals surface area contributed by atoms with E-state index < -0.39 is 18.6 Å². The van der Waals surface area contributed by atoms with Gasteiger partial charge in [-0.3, -0.25) is 0 Å². The molecular weight excluding hydrogens is 297 g/mol. The smallest absolute Gasteiger partial charge is 0.389 e. The molecular formula is C15H21F3N2O2. The first-order valence-electron chi connectivity index (χ1n) is 7.50. The molecule has 0 fully saturated rings. The SMILES string of the molecule is O=C(O)c1ccnc(CCCCCCCCCC(F)(F)F)n1. The van der Waals surface area contributed by atoms with Crippen LogP contribution in [0.5, 0.6) is 0 Å². The number of carbonyl (C=O) groups is 1. The van der Waals surface area contributed by atoms with Crippen LogP contribution in [-0.4, -0.2) is 27.2 Å². The average Bonchev–Trinajstić information content (AvgIpc) is 2.44. The van der Waals surface area contributed by atoms with Crippen LogP contribution in [0.1, 0.15) is 67.7 Å². The van der Waals surface area contributed by atoms with Gasteiger partial charge in [0.2, 0.25) is 0 Å². The molecule has 0 aliphatic carbocycles. The second kappa shape index (κ2) is 9.38. The first kappa shape index (κ1) is 18.4. The van der Waals surface area contributed by atoms with Crippen LogP contribution in [0.25, 0.3) is 0 Å². The Morgan fingerprint density at radius 1 is 1.05 bits per heavy atom. The van der Waals surface area contributed by atoms with E-state index in [2.05, 4.69) is 9.97 Å². The van der Waals surface area contributed by atoms with E-state index in [4.69, 9.17) is 5.11 Å². The first-order chi connectivity index (χ1) is 10.4. The van der Waals surface area contributed by atoms with E-state index in [1.54, 1.807) is 0 Å². The van der Waals surface area contributed by atoms with Gasteiger partial charge < -0.3 is 5.11 Å². The Morgan fingerprint density at radius 2 is 1.64 bits per heavy atom. The van der Waals surface area contributed by atoms with Crippen molar-refractivity contribution in [3.05, 3.63) is 23.8 Å². The molecule has 4 nitrogen and oxygen atoms in total. The van der Waals surface area contributed by atoms with Crippen LogP contribution in [0.15, 0.2) is 12.3 Å². The summed E-state index contributed by atoms with van der Waals surface area (Å²) in [5, 5.41) is 8.81. The number of aromatic carboxylic acids is 1. The van der Waals surface area contributed by atoms with Crippen LogP contribution in [0.3, 0.4) is 0 Å². The van der Waals surface area contributed by atoms with E-state index in [-0.39, 0.29) is 12.1 Å². The number of nitrogens with zero attached hydrogens (tertiary/aromatic N) is 2. The van der Waals surface area contributed by atoms with Crippen LogP contribution in [-0.2, 0) is 6.42 Å². The molecule has 0 spiro atoms. The molecule has 1 rings (SSSR count). The molecule has 0 aliphatic rings. The maximum absolute atomic E-state index is 11.9. The van der Waals surface area contributed by atoms with Gasteiger partial charge in [0.1, 0.15) is 5.82 Å². The lowest BCUT2D eigenvalue weighted by atomic mass is 10.1. The maximum Gasteiger partial charge on any atom is 0.389 e. The minimum Gasteiger partial charge on any atom is -0.477 e. The van der Waals surface area contributed by atoms with E-state index in [0.29, 0.717) is 18.7 Å². The van der Waals surface area contributed by atoms with Crippen molar-refractivity contribution in [1.82, 2.24) is 9.97 Å². The summed E-state index contributed by atoms with van der Waals surface area (Å²) in [6.45, 7) is 0. The highest BCUT2D eigenvalue weighted by molar-refractivity contribution is 5.85. The largest absolute Gasteiger partial charge is 0.477 e.